The summed E-state index contributed by atoms with van der Waals surface area (Å²) in [5, 5.41) is 11.6. The van der Waals surface area contributed by atoms with E-state index in [1.807, 2.05) is 39.0 Å². The van der Waals surface area contributed by atoms with E-state index in [-0.39, 0.29) is 16.0 Å². The van der Waals surface area contributed by atoms with Crippen LogP contribution in [0, 0.1) is 10.1 Å². The van der Waals surface area contributed by atoms with E-state index in [9.17, 15) is 10.1 Å². The number of hydrogen-bond acceptors (Lipinski definition) is 2. The minimum Gasteiger partial charge on any atom is -0.355 e. The summed E-state index contributed by atoms with van der Waals surface area (Å²) in [4.78, 5) is 14.5. The Morgan fingerprint density at radius 1 is 1.24 bits per heavy atom. The molecule has 4 nitrogen and oxygen atoms in total. The van der Waals surface area contributed by atoms with Crippen molar-refractivity contribution in [3.05, 3.63) is 51.7 Å². The quantitative estimate of drug-likeness (QED) is 0.652. The molecule has 1 aromatic heterocycles. The SMILES string of the molecule is CC(C)(C)c1c[nH]c(-c2ccccc2C2CC2)c1[N+](=O)[O-]. The van der Waals surface area contributed by atoms with Crippen LogP contribution in [0.4, 0.5) is 5.69 Å². The molecule has 2 aromatic rings. The van der Waals surface area contributed by atoms with E-state index in [0.717, 1.165) is 11.1 Å². The van der Waals surface area contributed by atoms with Crippen LogP contribution in [-0.2, 0) is 5.41 Å². The standard InChI is InChI=1S/C17H20N2O2/c1-17(2,3)14-10-18-15(16(14)19(20)21)13-7-5-4-6-12(13)11-8-9-11/h4-7,10-11,18H,8-9H2,1-3H3. The van der Waals surface area contributed by atoms with Crippen LogP contribution in [0.25, 0.3) is 11.3 Å². The zero-order valence-corrected chi connectivity index (χ0v) is 12.6. The highest BCUT2D eigenvalue weighted by atomic mass is 16.6. The summed E-state index contributed by atoms with van der Waals surface area (Å²) in [5.74, 6) is 0.558. The first-order valence-corrected chi connectivity index (χ1v) is 7.35. The normalized spacial score (nSPS) is 15.2. The summed E-state index contributed by atoms with van der Waals surface area (Å²) in [6, 6.07) is 8.03. The van der Waals surface area contributed by atoms with Gasteiger partial charge < -0.3 is 4.98 Å². The molecule has 1 heterocycles. The van der Waals surface area contributed by atoms with Crippen molar-refractivity contribution in [3.8, 4) is 11.3 Å². The Morgan fingerprint density at radius 3 is 2.48 bits per heavy atom. The lowest BCUT2D eigenvalue weighted by Gasteiger charge is -2.16. The fourth-order valence-electron chi connectivity index (χ4n) is 2.86. The zero-order chi connectivity index (χ0) is 15.2. The van der Waals surface area contributed by atoms with Gasteiger partial charge in [0.05, 0.1) is 10.5 Å². The van der Waals surface area contributed by atoms with E-state index in [0.29, 0.717) is 11.6 Å². The van der Waals surface area contributed by atoms with Crippen LogP contribution in [0.15, 0.2) is 30.5 Å². The van der Waals surface area contributed by atoms with Crippen molar-refractivity contribution in [2.75, 3.05) is 0 Å². The molecule has 1 aliphatic carbocycles. The maximum Gasteiger partial charge on any atom is 0.298 e. The van der Waals surface area contributed by atoms with Crippen LogP contribution < -0.4 is 0 Å². The number of nitro groups is 1. The molecule has 0 unspecified atom stereocenters. The fourth-order valence-corrected chi connectivity index (χ4v) is 2.86. The number of benzene rings is 1. The molecule has 0 aliphatic heterocycles. The van der Waals surface area contributed by atoms with Crippen LogP contribution in [0.3, 0.4) is 0 Å². The van der Waals surface area contributed by atoms with Crippen molar-refractivity contribution in [2.45, 2.75) is 44.9 Å². The summed E-state index contributed by atoms with van der Waals surface area (Å²) in [5.41, 5.74) is 3.56. The largest absolute Gasteiger partial charge is 0.355 e. The van der Waals surface area contributed by atoms with E-state index < -0.39 is 0 Å². The number of H-pyrrole nitrogens is 1. The molecule has 1 aromatic carbocycles. The molecular formula is C17H20N2O2. The van der Waals surface area contributed by atoms with Gasteiger partial charge in [-0.05, 0) is 29.7 Å². The second-order valence-electron chi connectivity index (χ2n) is 6.79. The molecule has 0 saturated heterocycles. The van der Waals surface area contributed by atoms with Crippen LogP contribution in [0.5, 0.6) is 0 Å². The second kappa shape index (κ2) is 4.72. The molecule has 4 heteroatoms. The highest BCUT2D eigenvalue weighted by Gasteiger charge is 2.33. The molecule has 0 bridgehead atoms. The Kier molecular flexibility index (Phi) is 3.12. The van der Waals surface area contributed by atoms with Gasteiger partial charge in [0.2, 0.25) is 0 Å². The molecule has 110 valence electrons. The fraction of sp³-hybridized carbons (Fsp3) is 0.412. The van der Waals surface area contributed by atoms with Gasteiger partial charge in [-0.15, -0.1) is 0 Å². The number of aromatic amines is 1. The predicted molar refractivity (Wildman–Crippen MR) is 83.6 cm³/mol. The maximum atomic E-state index is 11.6. The summed E-state index contributed by atoms with van der Waals surface area (Å²) in [6.45, 7) is 6.00. The molecule has 1 aliphatic rings. The number of hydrogen-bond donors (Lipinski definition) is 1. The van der Waals surface area contributed by atoms with E-state index in [1.54, 1.807) is 6.20 Å². The number of nitrogens with one attached hydrogen (secondary N) is 1. The minimum absolute atomic E-state index is 0.218. The molecule has 0 amide bonds. The number of aromatic nitrogens is 1. The van der Waals surface area contributed by atoms with Crippen molar-refractivity contribution < 1.29 is 4.92 Å². The highest BCUT2D eigenvalue weighted by Crippen LogP contribution is 2.47. The lowest BCUT2D eigenvalue weighted by Crippen LogP contribution is -2.12. The third-order valence-electron chi connectivity index (χ3n) is 4.09. The Hall–Kier alpha value is -2.10. The summed E-state index contributed by atoms with van der Waals surface area (Å²) < 4.78 is 0. The Balaban J connectivity index is 2.20. The van der Waals surface area contributed by atoms with Gasteiger partial charge in [0.1, 0.15) is 5.69 Å². The average Bonchev–Trinajstić information content (AvgIpc) is 3.14. The van der Waals surface area contributed by atoms with Crippen molar-refractivity contribution in [1.29, 1.82) is 0 Å². The van der Waals surface area contributed by atoms with Crippen LogP contribution in [-0.4, -0.2) is 9.91 Å². The van der Waals surface area contributed by atoms with Crippen LogP contribution in [0.2, 0.25) is 0 Å². The lowest BCUT2D eigenvalue weighted by molar-refractivity contribution is -0.385. The monoisotopic (exact) mass is 284 g/mol. The molecular weight excluding hydrogens is 264 g/mol. The van der Waals surface area contributed by atoms with Gasteiger partial charge in [0.25, 0.3) is 5.69 Å². The third-order valence-corrected chi connectivity index (χ3v) is 4.09. The molecule has 0 spiro atoms. The molecule has 0 radical (unpaired) electrons. The van der Waals surface area contributed by atoms with Crippen molar-refractivity contribution in [3.63, 3.8) is 0 Å². The van der Waals surface area contributed by atoms with Crippen LogP contribution >= 0.6 is 0 Å². The lowest BCUT2D eigenvalue weighted by atomic mass is 9.87. The third kappa shape index (κ3) is 2.46. The first-order valence-electron chi connectivity index (χ1n) is 7.35. The van der Waals surface area contributed by atoms with Gasteiger partial charge in [-0.2, -0.15) is 0 Å². The van der Waals surface area contributed by atoms with Crippen molar-refractivity contribution in [2.24, 2.45) is 0 Å². The molecule has 1 N–H and O–H groups in total. The maximum absolute atomic E-state index is 11.6. The molecule has 1 fully saturated rings. The van der Waals surface area contributed by atoms with Gasteiger partial charge in [-0.1, -0.05) is 45.0 Å². The smallest absolute Gasteiger partial charge is 0.298 e. The summed E-state index contributed by atoms with van der Waals surface area (Å²) >= 11 is 0. The van der Waals surface area contributed by atoms with Gasteiger partial charge in [-0.3, -0.25) is 10.1 Å². The molecule has 3 rings (SSSR count). The molecule has 0 atom stereocenters. The van der Waals surface area contributed by atoms with Gasteiger partial charge >= 0.3 is 0 Å². The Bertz CT molecular complexity index is 691. The Morgan fingerprint density at radius 2 is 1.90 bits per heavy atom. The Labute approximate surface area is 124 Å². The zero-order valence-electron chi connectivity index (χ0n) is 12.6. The van der Waals surface area contributed by atoms with E-state index >= 15 is 0 Å². The first-order chi connectivity index (χ1) is 9.89. The van der Waals surface area contributed by atoms with Gasteiger partial charge in [0, 0.05) is 11.8 Å². The first kappa shape index (κ1) is 13.9. The van der Waals surface area contributed by atoms with E-state index in [1.165, 1.54) is 18.4 Å². The number of nitrogens with zero attached hydrogens (tertiary/aromatic N) is 1. The summed E-state index contributed by atoms with van der Waals surface area (Å²) in [7, 11) is 0. The van der Waals surface area contributed by atoms with Crippen molar-refractivity contribution in [1.82, 2.24) is 4.98 Å². The number of rotatable bonds is 3. The highest BCUT2D eigenvalue weighted by molar-refractivity contribution is 5.76. The van der Waals surface area contributed by atoms with E-state index in [2.05, 4.69) is 11.1 Å². The van der Waals surface area contributed by atoms with E-state index in [4.69, 9.17) is 0 Å². The average molecular weight is 284 g/mol. The molecule has 1 saturated carbocycles. The topological polar surface area (TPSA) is 58.9 Å². The van der Waals surface area contributed by atoms with Crippen LogP contribution in [0.1, 0.15) is 50.7 Å². The summed E-state index contributed by atoms with van der Waals surface area (Å²) in [6.07, 6.45) is 4.15. The van der Waals surface area contributed by atoms with Crippen molar-refractivity contribution >= 4 is 5.69 Å². The van der Waals surface area contributed by atoms with Gasteiger partial charge in [0.15, 0.2) is 0 Å². The molecule has 21 heavy (non-hydrogen) atoms. The minimum atomic E-state index is -0.258. The second-order valence-corrected chi connectivity index (χ2v) is 6.79. The predicted octanol–water partition coefficient (Wildman–Crippen LogP) is 4.76. The van der Waals surface area contributed by atoms with Gasteiger partial charge in [-0.25, -0.2) is 0 Å².